The first-order valence-electron chi connectivity index (χ1n) is 5.08. The summed E-state index contributed by atoms with van der Waals surface area (Å²) in [7, 11) is 3.11. The first-order valence-corrected chi connectivity index (χ1v) is 5.08. The summed E-state index contributed by atoms with van der Waals surface area (Å²) in [6.07, 6.45) is 3.62. The Labute approximate surface area is 101 Å². The summed E-state index contributed by atoms with van der Waals surface area (Å²) in [5, 5.41) is 3.03. The van der Waals surface area contributed by atoms with E-state index in [1.165, 1.54) is 11.6 Å². The van der Waals surface area contributed by atoms with Crippen LogP contribution in [-0.2, 0) is 14.1 Å². The molecule has 6 heteroatoms. The van der Waals surface area contributed by atoms with Gasteiger partial charge in [-0.05, 0) is 6.42 Å². The van der Waals surface area contributed by atoms with Gasteiger partial charge in [0.15, 0.2) is 0 Å². The number of nitrogens with one attached hydrogen (secondary N) is 1. The highest BCUT2D eigenvalue weighted by Gasteiger charge is 2.05. The lowest BCUT2D eigenvalue weighted by atomic mass is 10.3. The Morgan fingerprint density at radius 3 is 2.50 bits per heavy atom. The van der Waals surface area contributed by atoms with Crippen molar-refractivity contribution in [3.8, 4) is 0 Å². The third kappa shape index (κ3) is 3.13. The highest BCUT2D eigenvalue weighted by Crippen LogP contribution is 1.96. The predicted octanol–water partition coefficient (Wildman–Crippen LogP) is 0.718. The number of aryl methyl sites for hydroxylation is 1. The van der Waals surface area contributed by atoms with Crippen LogP contribution in [0.5, 0.6) is 0 Å². The lowest BCUT2D eigenvalue weighted by molar-refractivity contribution is 0.686. The van der Waals surface area contributed by atoms with Crippen LogP contribution in [0.4, 0.5) is 5.69 Å². The van der Waals surface area contributed by atoms with Crippen LogP contribution in [0.3, 0.4) is 0 Å². The highest BCUT2D eigenvalue weighted by atomic mass is 35.5. The van der Waals surface area contributed by atoms with Crippen molar-refractivity contribution in [1.82, 2.24) is 9.13 Å². The number of rotatable bonds is 4. The van der Waals surface area contributed by atoms with E-state index in [0.29, 0.717) is 5.69 Å². The molecule has 0 amide bonds. The van der Waals surface area contributed by atoms with Crippen LogP contribution in [0, 0.1) is 0 Å². The second kappa shape index (κ2) is 6.37. The van der Waals surface area contributed by atoms with Crippen molar-refractivity contribution >= 4 is 18.1 Å². The van der Waals surface area contributed by atoms with Crippen LogP contribution in [0.2, 0.25) is 0 Å². The predicted molar refractivity (Wildman–Crippen MR) is 67.6 cm³/mol. The van der Waals surface area contributed by atoms with E-state index < -0.39 is 0 Å². The minimum atomic E-state index is -0.305. The molecule has 0 aliphatic heterocycles. The normalized spacial score (nSPS) is 9.69. The molecule has 5 nitrogen and oxygen atoms in total. The molecule has 1 heterocycles. The molecule has 0 fully saturated rings. The Bertz CT molecular complexity index is 450. The van der Waals surface area contributed by atoms with Crippen molar-refractivity contribution in [3.05, 3.63) is 27.0 Å². The maximum absolute atomic E-state index is 11.6. The standard InChI is InChI=1S/C10H17N3O2.ClH/c1-4-5-6-11-8-7-12(2)10(15)13(3)9(8)14;/h7,11H,4-6H2,1-3H3;1H. The molecule has 0 unspecified atom stereocenters. The monoisotopic (exact) mass is 247 g/mol. The van der Waals surface area contributed by atoms with Gasteiger partial charge in [-0.3, -0.25) is 9.36 Å². The van der Waals surface area contributed by atoms with E-state index in [1.807, 2.05) is 0 Å². The van der Waals surface area contributed by atoms with E-state index in [4.69, 9.17) is 0 Å². The van der Waals surface area contributed by atoms with E-state index in [0.717, 1.165) is 24.0 Å². The summed E-state index contributed by atoms with van der Waals surface area (Å²) in [6, 6.07) is 0. The molecule has 0 saturated heterocycles. The Morgan fingerprint density at radius 1 is 1.31 bits per heavy atom. The zero-order chi connectivity index (χ0) is 11.4. The Morgan fingerprint density at radius 2 is 1.94 bits per heavy atom. The topological polar surface area (TPSA) is 56.0 Å². The summed E-state index contributed by atoms with van der Waals surface area (Å²) in [6.45, 7) is 2.84. The molecule has 0 aromatic carbocycles. The first kappa shape index (κ1) is 14.8. The van der Waals surface area contributed by atoms with Gasteiger partial charge in [-0.1, -0.05) is 13.3 Å². The van der Waals surface area contributed by atoms with Gasteiger partial charge in [0.25, 0.3) is 5.56 Å². The quantitative estimate of drug-likeness (QED) is 0.798. The lowest BCUT2D eigenvalue weighted by Crippen LogP contribution is -2.37. The number of hydrogen-bond acceptors (Lipinski definition) is 3. The van der Waals surface area contributed by atoms with Crippen molar-refractivity contribution < 1.29 is 0 Å². The van der Waals surface area contributed by atoms with E-state index >= 15 is 0 Å². The molecule has 0 saturated carbocycles. The van der Waals surface area contributed by atoms with Gasteiger partial charge in [0.05, 0.1) is 0 Å². The number of aromatic nitrogens is 2. The molecule has 92 valence electrons. The first-order chi connectivity index (χ1) is 7.07. The van der Waals surface area contributed by atoms with Gasteiger partial charge in [-0.15, -0.1) is 12.4 Å². The molecule has 16 heavy (non-hydrogen) atoms. The molecular formula is C10H18ClN3O2. The molecule has 0 spiro atoms. The van der Waals surface area contributed by atoms with E-state index in [-0.39, 0.29) is 23.7 Å². The molecule has 0 aliphatic rings. The number of hydrogen-bond donors (Lipinski definition) is 1. The zero-order valence-corrected chi connectivity index (χ0v) is 10.6. The number of unbranched alkanes of at least 4 members (excludes halogenated alkanes) is 1. The summed E-state index contributed by atoms with van der Waals surface area (Å²) < 4.78 is 2.50. The summed E-state index contributed by atoms with van der Waals surface area (Å²) in [5.74, 6) is 0. The molecule has 0 atom stereocenters. The lowest BCUT2D eigenvalue weighted by Gasteiger charge is -2.08. The van der Waals surface area contributed by atoms with Gasteiger partial charge in [0.1, 0.15) is 5.69 Å². The third-order valence-corrected chi connectivity index (χ3v) is 2.29. The van der Waals surface area contributed by atoms with Crippen LogP contribution in [-0.4, -0.2) is 15.7 Å². The van der Waals surface area contributed by atoms with Gasteiger partial charge in [-0.25, -0.2) is 4.79 Å². The zero-order valence-electron chi connectivity index (χ0n) is 9.82. The largest absolute Gasteiger partial charge is 0.379 e. The van der Waals surface area contributed by atoms with E-state index in [2.05, 4.69) is 12.2 Å². The second-order valence-corrected chi connectivity index (χ2v) is 3.58. The van der Waals surface area contributed by atoms with Crippen LogP contribution < -0.4 is 16.6 Å². The minimum absolute atomic E-state index is 0. The van der Waals surface area contributed by atoms with Crippen LogP contribution in [0.15, 0.2) is 15.8 Å². The maximum atomic E-state index is 11.6. The number of halogens is 1. The molecule has 0 radical (unpaired) electrons. The van der Waals surface area contributed by atoms with Crippen LogP contribution >= 0.6 is 12.4 Å². The van der Waals surface area contributed by atoms with Crippen molar-refractivity contribution in [2.75, 3.05) is 11.9 Å². The van der Waals surface area contributed by atoms with Crippen molar-refractivity contribution in [2.24, 2.45) is 14.1 Å². The molecule has 0 aliphatic carbocycles. The number of anilines is 1. The fourth-order valence-corrected chi connectivity index (χ4v) is 1.33. The van der Waals surface area contributed by atoms with Crippen LogP contribution in [0.1, 0.15) is 19.8 Å². The Hall–Kier alpha value is -1.23. The SMILES string of the molecule is CCCCNc1cn(C)c(=O)n(C)c1=O.Cl. The molecular weight excluding hydrogens is 230 g/mol. The Balaban J connectivity index is 0.00000225. The molecule has 1 rings (SSSR count). The average molecular weight is 248 g/mol. The fourth-order valence-electron chi connectivity index (χ4n) is 1.33. The fraction of sp³-hybridized carbons (Fsp3) is 0.600. The van der Waals surface area contributed by atoms with Gasteiger partial charge in [0, 0.05) is 26.8 Å². The average Bonchev–Trinajstić information content (AvgIpc) is 2.23. The van der Waals surface area contributed by atoms with Crippen LogP contribution in [0.25, 0.3) is 0 Å². The summed E-state index contributed by atoms with van der Waals surface area (Å²) >= 11 is 0. The van der Waals surface area contributed by atoms with Crippen molar-refractivity contribution in [3.63, 3.8) is 0 Å². The summed E-state index contributed by atoms with van der Waals surface area (Å²) in [5.41, 5.74) is -0.0942. The molecule has 0 bridgehead atoms. The number of nitrogens with zero attached hydrogens (tertiary/aromatic N) is 2. The van der Waals surface area contributed by atoms with Crippen molar-refractivity contribution in [1.29, 1.82) is 0 Å². The Kier molecular flexibility index (Phi) is 5.88. The van der Waals surface area contributed by atoms with Gasteiger partial charge in [-0.2, -0.15) is 0 Å². The van der Waals surface area contributed by atoms with E-state index in [9.17, 15) is 9.59 Å². The van der Waals surface area contributed by atoms with Gasteiger partial charge < -0.3 is 9.88 Å². The third-order valence-electron chi connectivity index (χ3n) is 2.29. The minimum Gasteiger partial charge on any atom is -0.379 e. The van der Waals surface area contributed by atoms with Gasteiger partial charge in [0.2, 0.25) is 0 Å². The second-order valence-electron chi connectivity index (χ2n) is 3.58. The van der Waals surface area contributed by atoms with Gasteiger partial charge >= 0.3 is 5.69 Å². The molecule has 1 aromatic rings. The molecule has 1 N–H and O–H groups in total. The van der Waals surface area contributed by atoms with E-state index in [1.54, 1.807) is 13.2 Å². The molecule has 1 aromatic heterocycles. The van der Waals surface area contributed by atoms with Crippen molar-refractivity contribution in [2.45, 2.75) is 19.8 Å². The maximum Gasteiger partial charge on any atom is 0.330 e. The summed E-state index contributed by atoms with van der Waals surface area (Å²) in [4.78, 5) is 23.0. The smallest absolute Gasteiger partial charge is 0.330 e. The highest BCUT2D eigenvalue weighted by molar-refractivity contribution is 5.85.